The molecule has 0 saturated carbocycles. The van der Waals surface area contributed by atoms with Crippen molar-refractivity contribution in [3.8, 4) is 0 Å². The SMILES string of the molecule is CC(=O)C/C=C/N(C)Cc1ccccc1. The van der Waals surface area contributed by atoms with Crippen LogP contribution >= 0.6 is 0 Å². The first-order chi connectivity index (χ1) is 7.18. The van der Waals surface area contributed by atoms with Crippen molar-refractivity contribution in [2.24, 2.45) is 0 Å². The Morgan fingerprint density at radius 3 is 2.60 bits per heavy atom. The van der Waals surface area contributed by atoms with Gasteiger partial charge in [-0.3, -0.25) is 4.79 Å². The summed E-state index contributed by atoms with van der Waals surface area (Å²) in [6.07, 6.45) is 4.36. The fourth-order valence-electron chi connectivity index (χ4n) is 1.32. The van der Waals surface area contributed by atoms with E-state index in [1.54, 1.807) is 6.92 Å². The van der Waals surface area contributed by atoms with Gasteiger partial charge < -0.3 is 4.90 Å². The lowest BCUT2D eigenvalue weighted by molar-refractivity contribution is -0.116. The number of carbonyl (C=O) groups excluding carboxylic acids is 1. The normalized spacial score (nSPS) is 10.5. The number of hydrogen-bond acceptors (Lipinski definition) is 2. The van der Waals surface area contributed by atoms with E-state index in [1.165, 1.54) is 5.56 Å². The van der Waals surface area contributed by atoms with Crippen LogP contribution in [0, 0.1) is 0 Å². The molecule has 0 unspecified atom stereocenters. The van der Waals surface area contributed by atoms with E-state index in [-0.39, 0.29) is 5.78 Å². The maximum atomic E-state index is 10.7. The Morgan fingerprint density at radius 1 is 1.33 bits per heavy atom. The number of allylic oxidation sites excluding steroid dienone is 1. The number of Topliss-reactive ketones (excluding diaryl/α,β-unsaturated/α-hetero) is 1. The predicted octanol–water partition coefficient (Wildman–Crippen LogP) is 2.61. The van der Waals surface area contributed by atoms with Gasteiger partial charge in [-0.15, -0.1) is 0 Å². The van der Waals surface area contributed by atoms with Crippen LogP contribution in [0.1, 0.15) is 18.9 Å². The molecular formula is C13H17NO. The molecule has 2 nitrogen and oxygen atoms in total. The third kappa shape index (κ3) is 5.01. The van der Waals surface area contributed by atoms with E-state index in [4.69, 9.17) is 0 Å². The van der Waals surface area contributed by atoms with Crippen LogP contribution in [0.25, 0.3) is 0 Å². The minimum atomic E-state index is 0.194. The Balaban J connectivity index is 2.39. The van der Waals surface area contributed by atoms with Gasteiger partial charge in [0.2, 0.25) is 0 Å². The van der Waals surface area contributed by atoms with Crippen molar-refractivity contribution in [3.63, 3.8) is 0 Å². The van der Waals surface area contributed by atoms with Crippen LogP contribution in [0.2, 0.25) is 0 Å². The Kier molecular flexibility index (Phi) is 4.61. The molecular weight excluding hydrogens is 186 g/mol. The molecule has 0 atom stereocenters. The van der Waals surface area contributed by atoms with E-state index in [0.29, 0.717) is 6.42 Å². The van der Waals surface area contributed by atoms with Crippen molar-refractivity contribution in [1.29, 1.82) is 0 Å². The molecule has 0 amide bonds. The summed E-state index contributed by atoms with van der Waals surface area (Å²) < 4.78 is 0. The highest BCUT2D eigenvalue weighted by Gasteiger charge is 1.94. The van der Waals surface area contributed by atoms with Crippen LogP contribution in [0.5, 0.6) is 0 Å². The van der Waals surface area contributed by atoms with Gasteiger partial charge in [0, 0.05) is 20.0 Å². The number of rotatable bonds is 5. The molecule has 0 aliphatic carbocycles. The number of benzene rings is 1. The fourth-order valence-corrected chi connectivity index (χ4v) is 1.32. The molecule has 0 aromatic heterocycles. The summed E-state index contributed by atoms with van der Waals surface area (Å²) in [5, 5.41) is 0. The summed E-state index contributed by atoms with van der Waals surface area (Å²) in [6.45, 7) is 2.47. The first kappa shape index (κ1) is 11.5. The van der Waals surface area contributed by atoms with Crippen molar-refractivity contribution in [3.05, 3.63) is 48.2 Å². The van der Waals surface area contributed by atoms with Crippen molar-refractivity contribution < 1.29 is 4.79 Å². The highest BCUT2D eigenvalue weighted by molar-refractivity contribution is 5.76. The van der Waals surface area contributed by atoms with Crippen molar-refractivity contribution in [2.75, 3.05) is 7.05 Å². The zero-order chi connectivity index (χ0) is 11.1. The maximum Gasteiger partial charge on any atom is 0.133 e. The zero-order valence-corrected chi connectivity index (χ0v) is 9.31. The van der Waals surface area contributed by atoms with Gasteiger partial charge in [-0.1, -0.05) is 36.4 Å². The van der Waals surface area contributed by atoms with Gasteiger partial charge in [-0.05, 0) is 18.7 Å². The lowest BCUT2D eigenvalue weighted by Crippen LogP contribution is -2.09. The second-order valence-electron chi connectivity index (χ2n) is 3.69. The van der Waals surface area contributed by atoms with Crippen LogP contribution in [-0.4, -0.2) is 17.7 Å². The standard InChI is InChI=1S/C13H17NO/c1-12(15)7-6-10-14(2)11-13-8-4-3-5-9-13/h3-6,8-10H,7,11H2,1-2H3/b10-6+. The molecule has 1 rings (SSSR count). The molecule has 0 heterocycles. The monoisotopic (exact) mass is 203 g/mol. The molecule has 1 aromatic rings. The van der Waals surface area contributed by atoms with Gasteiger partial charge in [0.25, 0.3) is 0 Å². The molecule has 0 bridgehead atoms. The van der Waals surface area contributed by atoms with E-state index in [0.717, 1.165) is 6.54 Å². The average Bonchev–Trinajstić information content (AvgIpc) is 2.18. The minimum Gasteiger partial charge on any atom is -0.376 e. The van der Waals surface area contributed by atoms with Gasteiger partial charge in [-0.25, -0.2) is 0 Å². The molecule has 0 fully saturated rings. The first-order valence-corrected chi connectivity index (χ1v) is 5.09. The summed E-state index contributed by atoms with van der Waals surface area (Å²) in [6, 6.07) is 10.3. The lowest BCUT2D eigenvalue weighted by Gasteiger charge is -2.13. The minimum absolute atomic E-state index is 0.194. The number of nitrogens with zero attached hydrogens (tertiary/aromatic N) is 1. The van der Waals surface area contributed by atoms with Gasteiger partial charge in [-0.2, -0.15) is 0 Å². The number of hydrogen-bond donors (Lipinski definition) is 0. The van der Waals surface area contributed by atoms with E-state index in [2.05, 4.69) is 17.0 Å². The largest absolute Gasteiger partial charge is 0.376 e. The molecule has 0 aliphatic rings. The molecule has 0 aliphatic heterocycles. The van der Waals surface area contributed by atoms with E-state index < -0.39 is 0 Å². The summed E-state index contributed by atoms with van der Waals surface area (Å²) in [4.78, 5) is 12.8. The van der Waals surface area contributed by atoms with Crippen molar-refractivity contribution in [1.82, 2.24) is 4.90 Å². The van der Waals surface area contributed by atoms with Crippen LogP contribution in [0.3, 0.4) is 0 Å². The van der Waals surface area contributed by atoms with Crippen LogP contribution < -0.4 is 0 Å². The van der Waals surface area contributed by atoms with Gasteiger partial charge in [0.1, 0.15) is 5.78 Å². The quantitative estimate of drug-likeness (QED) is 0.733. The Hall–Kier alpha value is -1.57. The van der Waals surface area contributed by atoms with Crippen LogP contribution in [0.15, 0.2) is 42.6 Å². The molecule has 1 aromatic carbocycles. The lowest BCUT2D eigenvalue weighted by atomic mass is 10.2. The van der Waals surface area contributed by atoms with Crippen molar-refractivity contribution >= 4 is 5.78 Å². The number of carbonyl (C=O) groups is 1. The highest BCUT2D eigenvalue weighted by Crippen LogP contribution is 2.02. The summed E-state index contributed by atoms with van der Waals surface area (Å²) >= 11 is 0. The Morgan fingerprint density at radius 2 is 2.00 bits per heavy atom. The second kappa shape index (κ2) is 6.02. The molecule has 15 heavy (non-hydrogen) atoms. The summed E-state index contributed by atoms with van der Waals surface area (Å²) in [7, 11) is 2.00. The smallest absolute Gasteiger partial charge is 0.133 e. The summed E-state index contributed by atoms with van der Waals surface area (Å²) in [5.41, 5.74) is 1.27. The van der Waals surface area contributed by atoms with E-state index in [9.17, 15) is 4.79 Å². The maximum absolute atomic E-state index is 10.7. The molecule has 0 saturated heterocycles. The van der Waals surface area contributed by atoms with E-state index in [1.807, 2.05) is 37.5 Å². The third-order valence-corrected chi connectivity index (χ3v) is 2.04. The zero-order valence-electron chi connectivity index (χ0n) is 9.31. The predicted molar refractivity (Wildman–Crippen MR) is 62.3 cm³/mol. The number of ketones is 1. The third-order valence-electron chi connectivity index (χ3n) is 2.04. The Labute approximate surface area is 91.2 Å². The molecule has 0 radical (unpaired) electrons. The van der Waals surface area contributed by atoms with Gasteiger partial charge in [0.15, 0.2) is 0 Å². The molecule has 2 heteroatoms. The Bertz CT molecular complexity index is 330. The van der Waals surface area contributed by atoms with Crippen LogP contribution in [-0.2, 0) is 11.3 Å². The van der Waals surface area contributed by atoms with Crippen LogP contribution in [0.4, 0.5) is 0 Å². The van der Waals surface area contributed by atoms with Gasteiger partial charge in [0.05, 0.1) is 0 Å². The van der Waals surface area contributed by atoms with Gasteiger partial charge >= 0.3 is 0 Å². The molecule has 80 valence electrons. The first-order valence-electron chi connectivity index (χ1n) is 5.09. The highest BCUT2D eigenvalue weighted by atomic mass is 16.1. The fraction of sp³-hybridized carbons (Fsp3) is 0.308. The van der Waals surface area contributed by atoms with E-state index >= 15 is 0 Å². The topological polar surface area (TPSA) is 20.3 Å². The summed E-state index contributed by atoms with van der Waals surface area (Å²) in [5.74, 6) is 0.194. The van der Waals surface area contributed by atoms with Crippen molar-refractivity contribution in [2.45, 2.75) is 19.9 Å². The average molecular weight is 203 g/mol. The molecule has 0 spiro atoms. The molecule has 0 N–H and O–H groups in total. The second-order valence-corrected chi connectivity index (χ2v) is 3.69.